The van der Waals surface area contributed by atoms with Crippen molar-refractivity contribution in [3.8, 4) is 5.88 Å². The van der Waals surface area contributed by atoms with E-state index < -0.39 is 0 Å². The maximum Gasteiger partial charge on any atom is 0.237 e. The number of rotatable bonds is 3. The zero-order chi connectivity index (χ0) is 11.7. The van der Waals surface area contributed by atoms with Gasteiger partial charge in [0.2, 0.25) is 11.7 Å². The lowest BCUT2D eigenvalue weighted by molar-refractivity contribution is 0.111. The Labute approximate surface area is 93.1 Å². The maximum absolute atomic E-state index is 10.7. The van der Waals surface area contributed by atoms with E-state index in [1.165, 1.54) is 0 Å². The van der Waals surface area contributed by atoms with Gasteiger partial charge in [-0.3, -0.25) is 9.20 Å². The molecule has 0 atom stereocenters. The van der Waals surface area contributed by atoms with Crippen LogP contribution in [0, 0.1) is 6.92 Å². The van der Waals surface area contributed by atoms with Crippen LogP contribution in [0.1, 0.15) is 28.7 Å². The van der Waals surface area contributed by atoms with Crippen molar-refractivity contribution in [1.82, 2.24) is 14.4 Å². The Morgan fingerprint density at radius 1 is 1.50 bits per heavy atom. The van der Waals surface area contributed by atoms with Crippen molar-refractivity contribution < 1.29 is 9.53 Å². The van der Waals surface area contributed by atoms with Crippen molar-refractivity contribution >= 4 is 12.1 Å². The van der Waals surface area contributed by atoms with E-state index in [0.717, 1.165) is 17.7 Å². The van der Waals surface area contributed by atoms with Crippen molar-refractivity contribution in [1.29, 1.82) is 0 Å². The minimum atomic E-state index is 0.380. The van der Waals surface area contributed by atoms with Crippen LogP contribution in [0.3, 0.4) is 0 Å². The van der Waals surface area contributed by atoms with Crippen LogP contribution in [0.2, 0.25) is 0 Å². The number of imidazole rings is 1. The van der Waals surface area contributed by atoms with Crippen LogP contribution in [0.4, 0.5) is 0 Å². The molecule has 0 spiro atoms. The number of hydrogen-bond donors (Lipinski definition) is 0. The van der Waals surface area contributed by atoms with Gasteiger partial charge in [0, 0.05) is 17.5 Å². The molecule has 5 heteroatoms. The molecule has 0 aliphatic rings. The van der Waals surface area contributed by atoms with Crippen molar-refractivity contribution in [3.05, 3.63) is 23.1 Å². The summed E-state index contributed by atoms with van der Waals surface area (Å²) in [6, 6.07) is 0. The van der Waals surface area contributed by atoms with Gasteiger partial charge in [0.05, 0.1) is 7.11 Å². The molecule has 2 rings (SSSR count). The smallest absolute Gasteiger partial charge is 0.237 e. The first-order valence-corrected chi connectivity index (χ1v) is 5.09. The van der Waals surface area contributed by atoms with Gasteiger partial charge >= 0.3 is 0 Å². The first kappa shape index (κ1) is 10.6. The van der Waals surface area contributed by atoms with E-state index in [1.54, 1.807) is 13.3 Å². The fourth-order valence-corrected chi connectivity index (χ4v) is 1.81. The number of ether oxygens (including phenoxy) is 1. The highest BCUT2D eigenvalue weighted by Gasteiger charge is 2.13. The van der Waals surface area contributed by atoms with Crippen LogP contribution in [0.25, 0.3) is 5.78 Å². The Bertz CT molecular complexity index is 546. The molecule has 2 heterocycles. The molecular weight excluding hydrogens is 206 g/mol. The molecule has 2 aromatic rings. The molecule has 0 bridgehead atoms. The van der Waals surface area contributed by atoms with Gasteiger partial charge in [-0.1, -0.05) is 6.92 Å². The molecule has 0 aliphatic heterocycles. The summed E-state index contributed by atoms with van der Waals surface area (Å²) in [5.41, 5.74) is 2.42. The number of hydrogen-bond acceptors (Lipinski definition) is 4. The Balaban J connectivity index is 2.79. The number of methoxy groups -OCH3 is 1. The van der Waals surface area contributed by atoms with E-state index in [-0.39, 0.29) is 0 Å². The van der Waals surface area contributed by atoms with Crippen LogP contribution in [-0.2, 0) is 6.42 Å². The van der Waals surface area contributed by atoms with Crippen molar-refractivity contribution in [2.24, 2.45) is 0 Å². The molecule has 0 unspecified atom stereocenters. The van der Waals surface area contributed by atoms with Gasteiger partial charge in [-0.15, -0.1) is 0 Å². The third-order valence-electron chi connectivity index (χ3n) is 2.63. The number of aryl methyl sites for hydroxylation is 1. The minimum absolute atomic E-state index is 0.380. The number of nitrogens with zero attached hydrogens (tertiary/aromatic N) is 3. The second kappa shape index (κ2) is 3.92. The van der Waals surface area contributed by atoms with Crippen LogP contribution in [-0.4, -0.2) is 27.8 Å². The second-order valence-electron chi connectivity index (χ2n) is 3.49. The SMILES string of the molecule is CCc1c(OC)nc2nc(C=O)cn2c1C. The summed E-state index contributed by atoms with van der Waals surface area (Å²) in [6.07, 6.45) is 3.22. The average molecular weight is 219 g/mol. The van der Waals surface area contributed by atoms with E-state index in [0.29, 0.717) is 23.6 Å². The summed E-state index contributed by atoms with van der Waals surface area (Å²) < 4.78 is 7.03. The molecule has 84 valence electrons. The Kier molecular flexibility index (Phi) is 2.60. The molecule has 2 aromatic heterocycles. The molecule has 0 saturated carbocycles. The van der Waals surface area contributed by atoms with Crippen molar-refractivity contribution in [2.75, 3.05) is 7.11 Å². The summed E-state index contributed by atoms with van der Waals surface area (Å²) >= 11 is 0. The Hall–Kier alpha value is -1.91. The Morgan fingerprint density at radius 3 is 2.81 bits per heavy atom. The molecule has 0 N–H and O–H groups in total. The first-order chi connectivity index (χ1) is 7.71. The summed E-state index contributed by atoms with van der Waals surface area (Å²) in [5, 5.41) is 0. The van der Waals surface area contributed by atoms with Gasteiger partial charge in [0.1, 0.15) is 5.69 Å². The monoisotopic (exact) mass is 219 g/mol. The van der Waals surface area contributed by atoms with E-state index in [9.17, 15) is 4.79 Å². The fraction of sp³-hybridized carbons (Fsp3) is 0.364. The molecule has 0 fully saturated rings. The zero-order valence-corrected chi connectivity index (χ0v) is 9.52. The predicted molar refractivity (Wildman–Crippen MR) is 59.0 cm³/mol. The number of aldehydes is 1. The lowest BCUT2D eigenvalue weighted by Crippen LogP contribution is -2.03. The number of aromatic nitrogens is 3. The van der Waals surface area contributed by atoms with Gasteiger partial charge in [-0.25, -0.2) is 4.98 Å². The number of carbonyl (C=O) groups is 1. The zero-order valence-electron chi connectivity index (χ0n) is 9.52. The van der Waals surface area contributed by atoms with E-state index in [4.69, 9.17) is 4.74 Å². The van der Waals surface area contributed by atoms with Crippen LogP contribution < -0.4 is 4.74 Å². The lowest BCUT2D eigenvalue weighted by atomic mass is 10.2. The third kappa shape index (κ3) is 1.44. The van der Waals surface area contributed by atoms with Crippen molar-refractivity contribution in [3.63, 3.8) is 0 Å². The minimum Gasteiger partial charge on any atom is -0.481 e. The van der Waals surface area contributed by atoms with Gasteiger partial charge < -0.3 is 4.74 Å². The van der Waals surface area contributed by atoms with Gasteiger partial charge in [-0.2, -0.15) is 4.98 Å². The van der Waals surface area contributed by atoms with E-state index in [2.05, 4.69) is 9.97 Å². The highest BCUT2D eigenvalue weighted by atomic mass is 16.5. The lowest BCUT2D eigenvalue weighted by Gasteiger charge is -2.10. The van der Waals surface area contributed by atoms with E-state index in [1.807, 2.05) is 18.2 Å². The molecule has 16 heavy (non-hydrogen) atoms. The van der Waals surface area contributed by atoms with Gasteiger partial charge in [0.15, 0.2) is 6.29 Å². The molecule has 5 nitrogen and oxygen atoms in total. The summed E-state index contributed by atoms with van der Waals surface area (Å²) in [7, 11) is 1.58. The highest BCUT2D eigenvalue weighted by Crippen LogP contribution is 2.21. The molecule has 0 radical (unpaired) electrons. The summed E-state index contributed by atoms with van der Waals surface area (Å²) in [5.74, 6) is 1.07. The van der Waals surface area contributed by atoms with Gasteiger partial charge in [-0.05, 0) is 13.3 Å². The maximum atomic E-state index is 10.7. The molecular formula is C11H13N3O2. The quantitative estimate of drug-likeness (QED) is 0.732. The highest BCUT2D eigenvalue weighted by molar-refractivity contribution is 5.72. The molecule has 0 aliphatic carbocycles. The van der Waals surface area contributed by atoms with Crippen molar-refractivity contribution in [2.45, 2.75) is 20.3 Å². The number of carbonyl (C=O) groups excluding carboxylic acids is 1. The molecule has 0 saturated heterocycles. The third-order valence-corrected chi connectivity index (χ3v) is 2.63. The standard InChI is InChI=1S/C11H13N3O2/c1-4-9-7(2)14-5-8(6-15)12-11(14)13-10(9)16-3/h5-6H,4H2,1-3H3. The fourth-order valence-electron chi connectivity index (χ4n) is 1.81. The molecule has 0 amide bonds. The van der Waals surface area contributed by atoms with Gasteiger partial charge in [0.25, 0.3) is 0 Å². The predicted octanol–water partition coefficient (Wildman–Crippen LogP) is 1.42. The first-order valence-electron chi connectivity index (χ1n) is 5.09. The summed E-state index contributed by atoms with van der Waals surface area (Å²) in [6.45, 7) is 4.00. The topological polar surface area (TPSA) is 56.5 Å². The van der Waals surface area contributed by atoms with Crippen LogP contribution in [0.5, 0.6) is 5.88 Å². The number of fused-ring (bicyclic) bond motifs is 1. The summed E-state index contributed by atoms with van der Waals surface area (Å²) in [4.78, 5) is 19.0. The largest absolute Gasteiger partial charge is 0.481 e. The Morgan fingerprint density at radius 2 is 2.25 bits per heavy atom. The normalized spacial score (nSPS) is 10.7. The second-order valence-corrected chi connectivity index (χ2v) is 3.49. The molecule has 0 aromatic carbocycles. The van der Waals surface area contributed by atoms with Crippen LogP contribution in [0.15, 0.2) is 6.20 Å². The average Bonchev–Trinajstić information content (AvgIpc) is 2.72. The van der Waals surface area contributed by atoms with E-state index >= 15 is 0 Å². The van der Waals surface area contributed by atoms with Crippen LogP contribution >= 0.6 is 0 Å².